The van der Waals surface area contributed by atoms with E-state index in [4.69, 9.17) is 4.74 Å². The molecule has 1 fully saturated rings. The van der Waals surface area contributed by atoms with Crippen molar-refractivity contribution in [3.63, 3.8) is 0 Å². The molecule has 32 heavy (non-hydrogen) atoms. The Hall–Kier alpha value is -2.23. The zero-order chi connectivity index (χ0) is 22.8. The van der Waals surface area contributed by atoms with Crippen LogP contribution in [0.1, 0.15) is 97.0 Å². The summed E-state index contributed by atoms with van der Waals surface area (Å²) >= 11 is 0. The zero-order valence-corrected chi connectivity index (χ0v) is 20.2. The van der Waals surface area contributed by atoms with Crippen LogP contribution in [-0.4, -0.2) is 15.9 Å². The summed E-state index contributed by atoms with van der Waals surface area (Å²) in [5.74, 6) is 1.18. The van der Waals surface area contributed by atoms with Crippen LogP contribution in [0.5, 0.6) is 5.75 Å². The first-order valence-corrected chi connectivity index (χ1v) is 12.6. The Morgan fingerprint density at radius 2 is 1.44 bits per heavy atom. The van der Waals surface area contributed by atoms with Crippen molar-refractivity contribution in [3.05, 3.63) is 42.2 Å². The number of unbranched alkanes of at least 4 members (excludes halogenated alkanes) is 9. The van der Waals surface area contributed by atoms with Crippen LogP contribution < -0.4 is 4.74 Å². The van der Waals surface area contributed by atoms with Crippen LogP contribution in [0.2, 0.25) is 0 Å². The van der Waals surface area contributed by atoms with Gasteiger partial charge in [0, 0.05) is 18.0 Å². The first kappa shape index (κ1) is 24.4. The van der Waals surface area contributed by atoms with Crippen LogP contribution >= 0.6 is 0 Å². The molecule has 0 saturated heterocycles. The lowest BCUT2D eigenvalue weighted by atomic mass is 10.0. The molecular formula is C28H40N2O2. The molecule has 1 unspecified atom stereocenters. The van der Waals surface area contributed by atoms with Crippen LogP contribution in [0, 0.1) is 11.3 Å². The van der Waals surface area contributed by atoms with E-state index in [9.17, 15) is 4.79 Å². The van der Waals surface area contributed by atoms with Crippen LogP contribution in [-0.2, 0) is 11.2 Å². The molecule has 3 rings (SSSR count). The highest BCUT2D eigenvalue weighted by Gasteiger charge is 2.51. The quantitative estimate of drug-likeness (QED) is 0.174. The average molecular weight is 437 g/mol. The van der Waals surface area contributed by atoms with E-state index >= 15 is 0 Å². The number of ether oxygens (including phenoxy) is 1. The van der Waals surface area contributed by atoms with Crippen molar-refractivity contribution in [2.45, 2.75) is 97.8 Å². The van der Waals surface area contributed by atoms with Crippen LogP contribution in [0.4, 0.5) is 0 Å². The minimum Gasteiger partial charge on any atom is -0.426 e. The SMILES string of the molecule is CCCCCCCCCCCCc1cnc(-c2ccc(OC(=O)C3CC3(C)C)cc2)nc1. The minimum atomic E-state index is -0.129. The summed E-state index contributed by atoms with van der Waals surface area (Å²) in [5, 5.41) is 0. The summed E-state index contributed by atoms with van der Waals surface area (Å²) in [7, 11) is 0. The molecule has 0 aliphatic heterocycles. The van der Waals surface area contributed by atoms with Gasteiger partial charge in [-0.3, -0.25) is 4.79 Å². The lowest BCUT2D eigenvalue weighted by Crippen LogP contribution is -2.13. The van der Waals surface area contributed by atoms with Crippen molar-refractivity contribution in [1.82, 2.24) is 9.97 Å². The number of aryl methyl sites for hydroxylation is 1. The number of hydrogen-bond donors (Lipinski definition) is 0. The number of esters is 1. The fourth-order valence-electron chi connectivity index (χ4n) is 4.18. The molecule has 2 aromatic rings. The number of carbonyl (C=O) groups excluding carboxylic acids is 1. The predicted molar refractivity (Wildman–Crippen MR) is 131 cm³/mol. The van der Waals surface area contributed by atoms with E-state index in [-0.39, 0.29) is 17.3 Å². The van der Waals surface area contributed by atoms with Gasteiger partial charge in [0.15, 0.2) is 5.82 Å². The van der Waals surface area contributed by atoms with Gasteiger partial charge in [-0.05, 0) is 54.5 Å². The Morgan fingerprint density at radius 1 is 0.906 bits per heavy atom. The molecule has 0 N–H and O–H groups in total. The second-order valence-corrected chi connectivity index (χ2v) is 10.0. The Labute approximate surface area is 194 Å². The van der Waals surface area contributed by atoms with Crippen molar-refractivity contribution >= 4 is 5.97 Å². The monoisotopic (exact) mass is 436 g/mol. The van der Waals surface area contributed by atoms with E-state index < -0.39 is 0 Å². The summed E-state index contributed by atoms with van der Waals surface area (Å²) < 4.78 is 5.51. The summed E-state index contributed by atoms with van der Waals surface area (Å²) in [6, 6.07) is 7.48. The second kappa shape index (κ2) is 12.1. The topological polar surface area (TPSA) is 52.1 Å². The van der Waals surface area contributed by atoms with Gasteiger partial charge < -0.3 is 4.74 Å². The van der Waals surface area contributed by atoms with Gasteiger partial charge >= 0.3 is 5.97 Å². The van der Waals surface area contributed by atoms with Crippen LogP contribution in [0.15, 0.2) is 36.7 Å². The third-order valence-corrected chi connectivity index (χ3v) is 6.65. The largest absolute Gasteiger partial charge is 0.426 e. The number of aromatic nitrogens is 2. The molecule has 4 nitrogen and oxygen atoms in total. The van der Waals surface area contributed by atoms with Gasteiger partial charge in [0.1, 0.15) is 5.75 Å². The lowest BCUT2D eigenvalue weighted by Gasteiger charge is -2.07. The van der Waals surface area contributed by atoms with Gasteiger partial charge in [0.05, 0.1) is 5.92 Å². The molecule has 1 saturated carbocycles. The molecular weight excluding hydrogens is 396 g/mol. The molecule has 0 spiro atoms. The van der Waals surface area contributed by atoms with Crippen molar-refractivity contribution in [3.8, 4) is 17.1 Å². The number of rotatable bonds is 14. The first-order valence-electron chi connectivity index (χ1n) is 12.6. The minimum absolute atomic E-state index is 0.0219. The summed E-state index contributed by atoms with van der Waals surface area (Å²) in [4.78, 5) is 21.2. The molecule has 4 heteroatoms. The Bertz CT molecular complexity index is 828. The second-order valence-electron chi connectivity index (χ2n) is 10.0. The number of carbonyl (C=O) groups is 1. The number of benzene rings is 1. The maximum absolute atomic E-state index is 12.1. The molecule has 0 bridgehead atoms. The first-order chi connectivity index (χ1) is 15.5. The smallest absolute Gasteiger partial charge is 0.314 e. The van der Waals surface area contributed by atoms with E-state index in [2.05, 4.69) is 30.7 Å². The van der Waals surface area contributed by atoms with E-state index in [1.165, 1.54) is 69.8 Å². The number of nitrogens with zero attached hydrogens (tertiary/aromatic N) is 2. The lowest BCUT2D eigenvalue weighted by molar-refractivity contribution is -0.136. The number of hydrogen-bond acceptors (Lipinski definition) is 4. The van der Waals surface area contributed by atoms with E-state index in [1.807, 2.05) is 36.7 Å². The molecule has 1 aliphatic rings. The molecule has 1 aromatic carbocycles. The van der Waals surface area contributed by atoms with Gasteiger partial charge in [0.25, 0.3) is 0 Å². The van der Waals surface area contributed by atoms with Gasteiger partial charge in [0.2, 0.25) is 0 Å². The van der Waals surface area contributed by atoms with Crippen molar-refractivity contribution in [2.24, 2.45) is 11.3 Å². The summed E-state index contributed by atoms with van der Waals surface area (Å²) in [5.41, 5.74) is 2.22. The van der Waals surface area contributed by atoms with E-state index in [0.717, 1.165) is 18.4 Å². The summed E-state index contributed by atoms with van der Waals surface area (Å²) in [6.45, 7) is 6.46. The normalized spacial score (nSPS) is 16.7. The van der Waals surface area contributed by atoms with Crippen LogP contribution in [0.25, 0.3) is 11.4 Å². The van der Waals surface area contributed by atoms with Crippen LogP contribution in [0.3, 0.4) is 0 Å². The van der Waals surface area contributed by atoms with Gasteiger partial charge in [-0.1, -0.05) is 78.6 Å². The standard InChI is InChI=1S/C28H40N2O2/c1-4-5-6-7-8-9-10-11-12-13-14-22-20-29-26(30-21-22)23-15-17-24(18-16-23)32-27(31)25-19-28(25,2)3/h15-18,20-21,25H,4-14,19H2,1-3H3. The van der Waals surface area contributed by atoms with E-state index in [0.29, 0.717) is 11.6 Å². The maximum Gasteiger partial charge on any atom is 0.314 e. The van der Waals surface area contributed by atoms with Gasteiger partial charge in [-0.25, -0.2) is 9.97 Å². The third-order valence-electron chi connectivity index (χ3n) is 6.65. The van der Waals surface area contributed by atoms with Crippen molar-refractivity contribution in [2.75, 3.05) is 0 Å². The van der Waals surface area contributed by atoms with Gasteiger partial charge in [-0.15, -0.1) is 0 Å². The summed E-state index contributed by atoms with van der Waals surface area (Å²) in [6.07, 6.45) is 19.3. The highest BCUT2D eigenvalue weighted by molar-refractivity contribution is 5.79. The molecule has 1 atom stereocenters. The van der Waals surface area contributed by atoms with Gasteiger partial charge in [-0.2, -0.15) is 0 Å². The molecule has 1 aromatic heterocycles. The molecule has 1 aliphatic carbocycles. The molecule has 174 valence electrons. The zero-order valence-electron chi connectivity index (χ0n) is 20.2. The maximum atomic E-state index is 12.1. The highest BCUT2D eigenvalue weighted by atomic mass is 16.5. The third kappa shape index (κ3) is 7.72. The highest BCUT2D eigenvalue weighted by Crippen LogP contribution is 2.52. The Balaban J connectivity index is 1.34. The van der Waals surface area contributed by atoms with Crippen molar-refractivity contribution < 1.29 is 9.53 Å². The Kier molecular flexibility index (Phi) is 9.25. The predicted octanol–water partition coefficient (Wildman–Crippen LogP) is 7.56. The average Bonchev–Trinajstić information content (AvgIpc) is 3.44. The Morgan fingerprint density at radius 3 is 1.97 bits per heavy atom. The fourth-order valence-corrected chi connectivity index (χ4v) is 4.18. The van der Waals surface area contributed by atoms with E-state index in [1.54, 1.807) is 0 Å². The molecule has 0 amide bonds. The fraction of sp³-hybridized carbons (Fsp3) is 0.607. The van der Waals surface area contributed by atoms with Crippen molar-refractivity contribution in [1.29, 1.82) is 0 Å². The molecule has 1 heterocycles. The molecule has 0 radical (unpaired) electrons.